The van der Waals surface area contributed by atoms with Crippen molar-refractivity contribution in [1.29, 1.82) is 0 Å². The van der Waals surface area contributed by atoms with Crippen LogP contribution >= 0.6 is 15.9 Å². The van der Waals surface area contributed by atoms with Crippen molar-refractivity contribution in [1.82, 2.24) is 9.55 Å². The zero-order chi connectivity index (χ0) is 34.9. The summed E-state index contributed by atoms with van der Waals surface area (Å²) in [5.41, 5.74) is 3.33. The molecule has 244 valence electrons. The molecule has 15 heteroatoms. The van der Waals surface area contributed by atoms with Crippen molar-refractivity contribution in [2.75, 3.05) is 21.4 Å². The Hall–Kier alpha value is -1.61. The quantitative estimate of drug-likeness (QED) is 0.0588. The van der Waals surface area contributed by atoms with Crippen LogP contribution in [-0.2, 0) is 28.7 Å². The first kappa shape index (κ1) is 47.5. The van der Waals surface area contributed by atoms with E-state index in [4.69, 9.17) is 16.2 Å². The Morgan fingerprint density at radius 3 is 1.77 bits per heavy atom. The van der Waals surface area contributed by atoms with Crippen LogP contribution in [0.4, 0.5) is 4.39 Å². The van der Waals surface area contributed by atoms with Gasteiger partial charge in [-0.3, -0.25) is 28.1 Å². The number of pyridine rings is 2. The second-order valence-electron chi connectivity index (χ2n) is 8.51. The molecular weight excluding hydrogens is 733 g/mol. The number of rotatable bonds is 6. The molecule has 0 saturated carbocycles. The number of halogens is 2. The average molecular weight is 771 g/mol. The summed E-state index contributed by atoms with van der Waals surface area (Å²) in [5.74, 6) is -0.736. The summed E-state index contributed by atoms with van der Waals surface area (Å²) in [7, 11) is 1.69. The molecule has 0 radical (unpaired) electrons. The number of benzene rings is 2. The number of aryl methyl sites for hydroxylation is 2. The maximum Gasteiger partial charge on any atom is 1.00 e. The van der Waals surface area contributed by atoms with E-state index in [1.54, 1.807) is 36.7 Å². The Morgan fingerprint density at radius 2 is 1.36 bits per heavy atom. The molecule has 47 heavy (non-hydrogen) atoms. The van der Waals surface area contributed by atoms with Gasteiger partial charge in [0, 0.05) is 24.5 Å². The predicted molar refractivity (Wildman–Crippen MR) is 169 cm³/mol. The van der Waals surface area contributed by atoms with Gasteiger partial charge in [-0.1, -0.05) is 88.7 Å². The van der Waals surface area contributed by atoms with E-state index in [2.05, 4.69) is 30.5 Å². The molecule has 2 aromatic carbocycles. The molecule has 0 aliphatic heterocycles. The number of H-pyrrole nitrogens is 1. The van der Waals surface area contributed by atoms with Gasteiger partial charge in [0.25, 0.3) is 12.0 Å². The summed E-state index contributed by atoms with van der Waals surface area (Å²) in [5, 5.41) is 8.43. The third-order valence-electron chi connectivity index (χ3n) is 5.38. The van der Waals surface area contributed by atoms with Gasteiger partial charge < -0.3 is 26.0 Å². The van der Waals surface area contributed by atoms with Crippen molar-refractivity contribution >= 4 is 34.3 Å². The van der Waals surface area contributed by atoms with Crippen LogP contribution in [0.15, 0.2) is 107 Å². The molecule has 0 aliphatic rings. The van der Waals surface area contributed by atoms with Crippen molar-refractivity contribution in [3.05, 3.63) is 140 Å². The smallest absolute Gasteiger partial charge is 1.00 e. The fourth-order valence-electron chi connectivity index (χ4n) is 3.32. The third kappa shape index (κ3) is 20.5. The van der Waals surface area contributed by atoms with E-state index >= 15 is 0 Å². The van der Waals surface area contributed by atoms with Gasteiger partial charge in [0.2, 0.25) is 5.56 Å². The molecule has 2 aromatic heterocycles. The van der Waals surface area contributed by atoms with Crippen LogP contribution in [0.3, 0.4) is 0 Å². The maximum absolute atomic E-state index is 12.0. The number of carbonyl (C=O) groups is 3. The topological polar surface area (TPSA) is 157 Å². The average Bonchev–Trinajstić information content (AvgIpc) is 3.09. The number of aromatic nitrogens is 2. The normalized spacial score (nSPS) is 10.3. The fraction of sp³-hybridized carbons (Fsp3) is 0.219. The number of nitrogens with one attached hydrogen (secondary N) is 1. The van der Waals surface area contributed by atoms with Crippen molar-refractivity contribution < 1.29 is 144 Å². The molecule has 0 bridgehead atoms. The first-order chi connectivity index (χ1) is 22.0. The second kappa shape index (κ2) is 30.5. The standard InChI is InChI=1S/C15H15NO3.C9H9BrO2.C6H7NO.CH3F.CH2O3.2K.H/c1-11-8-9-13(17)16(10-11)14(15(18)19-2)12-6-4-3-5-7-12;1-12-9(11)8(10)7-5-3-2-4-6-7;1-5-2-3-6(8)7-4-5;1-2;2-1-4-3;;;/h3-10,14H,1-2H3;2-6,8H,1H3;2-4H,1H3,(H,7,8);1H3;1,3H;;;/q;;;;;2*+1;-1/p-1/i;;;1D;;;;. The number of ether oxygens (including phenoxy) is 2. The molecule has 0 spiro atoms. The first-order valence-electron chi connectivity index (χ1n) is 13.5. The molecule has 0 saturated heterocycles. The van der Waals surface area contributed by atoms with Crippen LogP contribution in [0.25, 0.3) is 0 Å². The number of nitrogens with zero attached hydrogens (tertiary/aromatic N) is 1. The number of alkyl halides is 2. The number of carbonyl (C=O) groups excluding carboxylic acids is 3. The van der Waals surface area contributed by atoms with Crippen LogP contribution in [0.5, 0.6) is 0 Å². The summed E-state index contributed by atoms with van der Waals surface area (Å²) in [6.45, 7) is 3.62. The van der Waals surface area contributed by atoms with Crippen LogP contribution in [0.1, 0.15) is 35.9 Å². The Labute approximate surface area is 369 Å². The Balaban J connectivity index is -0.000000292. The van der Waals surface area contributed by atoms with E-state index in [0.29, 0.717) is 0 Å². The summed E-state index contributed by atoms with van der Waals surface area (Å²) in [4.78, 5) is 58.8. The van der Waals surface area contributed by atoms with E-state index in [1.807, 2.05) is 62.4 Å². The van der Waals surface area contributed by atoms with Crippen molar-refractivity contribution in [3.63, 3.8) is 0 Å². The predicted octanol–water partition coefficient (Wildman–Crippen LogP) is -1.96. The SMILES string of the molecule is COC(=O)C(Br)c1ccccc1.COC(=O)C(c1ccccc1)n1cc(C)ccc1=O.Cc1ccc(=O)[nH]c1.O=CO[O-].[2H]CF.[H-].[K+].[K+]. The van der Waals surface area contributed by atoms with Gasteiger partial charge in [-0.05, 0) is 36.1 Å². The number of esters is 2. The summed E-state index contributed by atoms with van der Waals surface area (Å²) in [6.07, 6.45) is 3.35. The number of hydrogen-bond donors (Lipinski definition) is 1. The van der Waals surface area contributed by atoms with Gasteiger partial charge in [-0.25, -0.2) is 4.79 Å². The molecule has 4 aromatic rings. The van der Waals surface area contributed by atoms with Crippen LogP contribution in [-0.4, -0.2) is 49.3 Å². The van der Waals surface area contributed by atoms with Crippen molar-refractivity contribution in [2.45, 2.75) is 24.7 Å². The fourth-order valence-corrected chi connectivity index (χ4v) is 3.82. The second-order valence-corrected chi connectivity index (χ2v) is 9.42. The number of hydrogen-bond acceptors (Lipinski definition) is 9. The first-order valence-corrected chi connectivity index (χ1v) is 13.7. The van der Waals surface area contributed by atoms with E-state index in [9.17, 15) is 23.6 Å². The van der Waals surface area contributed by atoms with E-state index in [-0.39, 0.29) is 133 Å². The Morgan fingerprint density at radius 1 is 0.894 bits per heavy atom. The van der Waals surface area contributed by atoms with Gasteiger partial charge in [-0.15, -0.1) is 0 Å². The Bertz CT molecular complexity index is 1550. The van der Waals surface area contributed by atoms with Gasteiger partial charge in [-0.2, -0.15) is 0 Å². The van der Waals surface area contributed by atoms with Gasteiger partial charge >= 0.3 is 115 Å². The van der Waals surface area contributed by atoms with Crippen LogP contribution in [0.2, 0.25) is 0 Å². The number of methoxy groups -OCH3 is 2. The minimum atomic E-state index is -1.00. The van der Waals surface area contributed by atoms with Crippen LogP contribution in [0, 0.1) is 13.8 Å². The van der Waals surface area contributed by atoms with Gasteiger partial charge in [0.15, 0.2) is 6.04 Å². The zero-order valence-corrected chi connectivity index (χ0v) is 34.9. The van der Waals surface area contributed by atoms with Gasteiger partial charge in [0.1, 0.15) is 4.83 Å². The minimum absolute atomic E-state index is 0. The molecule has 1 N–H and O–H groups in total. The number of aromatic amines is 1. The molecule has 2 atom stereocenters. The molecule has 2 heterocycles. The van der Waals surface area contributed by atoms with Crippen molar-refractivity contribution in [2.24, 2.45) is 0 Å². The minimum Gasteiger partial charge on any atom is -1.00 e. The van der Waals surface area contributed by atoms with E-state index in [1.165, 1.54) is 30.9 Å². The monoisotopic (exact) mass is 769 g/mol. The molecule has 0 amide bonds. The summed E-state index contributed by atoms with van der Waals surface area (Å²) < 4.78 is 26.3. The summed E-state index contributed by atoms with van der Waals surface area (Å²) >= 11 is 3.24. The van der Waals surface area contributed by atoms with E-state index in [0.717, 1.165) is 22.3 Å². The maximum atomic E-state index is 12.0. The van der Waals surface area contributed by atoms with Gasteiger partial charge in [0.05, 0.1) is 22.7 Å². The third-order valence-corrected chi connectivity index (χ3v) is 6.29. The van der Waals surface area contributed by atoms with E-state index < -0.39 is 19.2 Å². The Kier molecular flexibility index (Phi) is 30.8. The molecule has 0 fully saturated rings. The molecule has 11 nitrogen and oxygen atoms in total. The molecule has 0 aliphatic carbocycles. The molecular formula is C32H36BrFK2N2O9. The summed E-state index contributed by atoms with van der Waals surface area (Å²) in [6, 6.07) is 24.2. The van der Waals surface area contributed by atoms with Crippen molar-refractivity contribution in [3.8, 4) is 0 Å². The molecule has 4 rings (SSSR count). The van der Waals surface area contributed by atoms with Crippen LogP contribution < -0.4 is 119 Å². The largest absolute Gasteiger partial charge is 1.00 e. The zero-order valence-electron chi connectivity index (χ0n) is 29.1. The molecule has 2 unspecified atom stereocenters.